The van der Waals surface area contributed by atoms with E-state index < -0.39 is 0 Å². The largest absolute Gasteiger partial charge is 0.223 e. The first-order valence-corrected chi connectivity index (χ1v) is 5.66. The highest BCUT2D eigenvalue weighted by molar-refractivity contribution is 6.33. The molecule has 0 amide bonds. The van der Waals surface area contributed by atoms with Crippen molar-refractivity contribution in [2.24, 2.45) is 5.92 Å². The molecule has 1 heterocycles. The predicted molar refractivity (Wildman–Crippen MR) is 60.2 cm³/mol. The van der Waals surface area contributed by atoms with Gasteiger partial charge in [0.2, 0.25) is 0 Å². The number of hydrogen-bond acceptors (Lipinski definition) is 2. The summed E-state index contributed by atoms with van der Waals surface area (Å²) in [5, 5.41) is 9.73. The summed E-state index contributed by atoms with van der Waals surface area (Å²) in [6, 6.07) is 2.12. The van der Waals surface area contributed by atoms with Crippen molar-refractivity contribution < 1.29 is 0 Å². The van der Waals surface area contributed by atoms with E-state index >= 15 is 0 Å². The van der Waals surface area contributed by atoms with Gasteiger partial charge in [-0.1, -0.05) is 30.1 Å². The van der Waals surface area contributed by atoms with Gasteiger partial charge < -0.3 is 0 Å². The molecule has 1 aromatic heterocycles. The van der Waals surface area contributed by atoms with E-state index in [1.807, 2.05) is 0 Å². The zero-order valence-electron chi connectivity index (χ0n) is 8.35. The van der Waals surface area contributed by atoms with E-state index in [4.69, 9.17) is 28.5 Å². The van der Waals surface area contributed by atoms with Crippen molar-refractivity contribution in [3.05, 3.63) is 27.0 Å². The minimum atomic E-state index is 0.232. The van der Waals surface area contributed by atoms with E-state index in [0.717, 1.165) is 30.4 Å². The van der Waals surface area contributed by atoms with Gasteiger partial charge >= 0.3 is 0 Å². The monoisotopic (exact) mass is 240 g/mol. The zero-order valence-corrected chi connectivity index (χ0v) is 9.86. The first-order chi connectivity index (χ1) is 7.13. The van der Waals surface area contributed by atoms with Crippen molar-refractivity contribution in [2.75, 3.05) is 0 Å². The SMILES string of the molecule is C[C@H]1CCc2c(Cl)nc(Cl)c(C#N)c2C1. The fraction of sp³-hybridized carbons (Fsp3) is 0.455. The average molecular weight is 241 g/mol. The Labute approximate surface area is 98.8 Å². The second kappa shape index (κ2) is 4.00. The van der Waals surface area contributed by atoms with Crippen LogP contribution in [0.25, 0.3) is 0 Å². The lowest BCUT2D eigenvalue weighted by atomic mass is 9.84. The van der Waals surface area contributed by atoms with E-state index in [-0.39, 0.29) is 5.15 Å². The van der Waals surface area contributed by atoms with Crippen LogP contribution in [0.15, 0.2) is 0 Å². The Kier molecular flexibility index (Phi) is 2.86. The van der Waals surface area contributed by atoms with Crippen LogP contribution in [-0.4, -0.2) is 4.98 Å². The van der Waals surface area contributed by atoms with Crippen LogP contribution in [0.2, 0.25) is 10.3 Å². The summed E-state index contributed by atoms with van der Waals surface area (Å²) >= 11 is 11.9. The van der Waals surface area contributed by atoms with Crippen molar-refractivity contribution in [3.8, 4) is 6.07 Å². The molecule has 0 unspecified atom stereocenters. The highest BCUT2D eigenvalue weighted by atomic mass is 35.5. The van der Waals surface area contributed by atoms with Crippen LogP contribution < -0.4 is 0 Å². The van der Waals surface area contributed by atoms with E-state index in [9.17, 15) is 0 Å². The minimum Gasteiger partial charge on any atom is -0.223 e. The molecule has 0 saturated heterocycles. The van der Waals surface area contributed by atoms with Gasteiger partial charge in [-0.05, 0) is 36.3 Å². The lowest BCUT2D eigenvalue weighted by Gasteiger charge is -2.23. The van der Waals surface area contributed by atoms with Crippen LogP contribution in [0.3, 0.4) is 0 Å². The average Bonchev–Trinajstić information content (AvgIpc) is 2.17. The third kappa shape index (κ3) is 1.82. The maximum Gasteiger partial charge on any atom is 0.148 e. The molecule has 0 spiro atoms. The van der Waals surface area contributed by atoms with Crippen LogP contribution in [0.1, 0.15) is 30.0 Å². The molecule has 1 aromatic rings. The van der Waals surface area contributed by atoms with Gasteiger partial charge in [0.25, 0.3) is 0 Å². The molecule has 0 saturated carbocycles. The van der Waals surface area contributed by atoms with E-state index in [0.29, 0.717) is 16.6 Å². The summed E-state index contributed by atoms with van der Waals surface area (Å²) in [4.78, 5) is 3.99. The fourth-order valence-electron chi connectivity index (χ4n) is 2.04. The van der Waals surface area contributed by atoms with Gasteiger partial charge in [0.15, 0.2) is 0 Å². The zero-order chi connectivity index (χ0) is 11.0. The van der Waals surface area contributed by atoms with Crippen molar-refractivity contribution in [1.82, 2.24) is 4.98 Å². The Bertz CT molecular complexity index is 449. The lowest BCUT2D eigenvalue weighted by Crippen LogP contribution is -2.14. The number of halogens is 2. The maximum absolute atomic E-state index is 9.03. The molecule has 0 radical (unpaired) electrons. The van der Waals surface area contributed by atoms with Gasteiger partial charge in [-0.2, -0.15) is 5.26 Å². The normalized spacial score (nSPS) is 19.5. The molecule has 2 rings (SSSR count). The van der Waals surface area contributed by atoms with Crippen LogP contribution in [0, 0.1) is 17.2 Å². The van der Waals surface area contributed by atoms with E-state index in [1.54, 1.807) is 0 Å². The topological polar surface area (TPSA) is 36.7 Å². The predicted octanol–water partition coefficient (Wildman–Crippen LogP) is 3.38. The molecule has 0 fully saturated rings. The quantitative estimate of drug-likeness (QED) is 0.653. The van der Waals surface area contributed by atoms with Crippen LogP contribution in [-0.2, 0) is 12.8 Å². The highest BCUT2D eigenvalue weighted by Gasteiger charge is 2.23. The smallest absolute Gasteiger partial charge is 0.148 e. The summed E-state index contributed by atoms with van der Waals surface area (Å²) < 4.78 is 0. The van der Waals surface area contributed by atoms with Crippen LogP contribution >= 0.6 is 23.2 Å². The minimum absolute atomic E-state index is 0.232. The van der Waals surface area contributed by atoms with Gasteiger partial charge in [0.1, 0.15) is 16.4 Å². The molecule has 4 heteroatoms. The van der Waals surface area contributed by atoms with Crippen molar-refractivity contribution in [1.29, 1.82) is 5.26 Å². The number of rotatable bonds is 0. The number of nitriles is 1. The third-order valence-electron chi connectivity index (χ3n) is 2.87. The second-order valence-electron chi connectivity index (χ2n) is 3.99. The van der Waals surface area contributed by atoms with Crippen molar-refractivity contribution in [3.63, 3.8) is 0 Å². The Morgan fingerprint density at radius 2 is 2.07 bits per heavy atom. The first kappa shape index (κ1) is 10.7. The molecule has 0 N–H and O–H groups in total. The number of nitrogens with zero attached hydrogens (tertiary/aromatic N) is 2. The molecule has 1 atom stereocenters. The molecule has 1 aliphatic rings. The second-order valence-corrected chi connectivity index (χ2v) is 4.70. The molecular weight excluding hydrogens is 231 g/mol. The Morgan fingerprint density at radius 3 is 2.73 bits per heavy atom. The van der Waals surface area contributed by atoms with Gasteiger partial charge in [0.05, 0.1) is 5.56 Å². The Balaban J connectivity index is 2.64. The summed E-state index contributed by atoms with van der Waals surface area (Å²) in [5.74, 6) is 0.583. The molecule has 15 heavy (non-hydrogen) atoms. The molecular formula is C11H10Cl2N2. The molecule has 2 nitrogen and oxygen atoms in total. The van der Waals surface area contributed by atoms with Crippen LogP contribution in [0.4, 0.5) is 0 Å². The van der Waals surface area contributed by atoms with Crippen molar-refractivity contribution in [2.45, 2.75) is 26.2 Å². The first-order valence-electron chi connectivity index (χ1n) is 4.90. The third-order valence-corrected chi connectivity index (χ3v) is 3.46. The number of hydrogen-bond donors (Lipinski definition) is 0. The van der Waals surface area contributed by atoms with Crippen LogP contribution in [0.5, 0.6) is 0 Å². The Hall–Kier alpha value is -0.780. The lowest BCUT2D eigenvalue weighted by molar-refractivity contribution is 0.499. The maximum atomic E-state index is 9.03. The molecule has 0 aromatic carbocycles. The summed E-state index contributed by atoms with van der Waals surface area (Å²) in [5.41, 5.74) is 2.51. The highest BCUT2D eigenvalue weighted by Crippen LogP contribution is 2.34. The molecule has 0 bridgehead atoms. The summed E-state index contributed by atoms with van der Waals surface area (Å²) in [6.07, 6.45) is 2.87. The van der Waals surface area contributed by atoms with Gasteiger partial charge in [-0.3, -0.25) is 0 Å². The van der Waals surface area contributed by atoms with E-state index in [2.05, 4.69) is 18.0 Å². The van der Waals surface area contributed by atoms with E-state index in [1.165, 1.54) is 0 Å². The Morgan fingerprint density at radius 1 is 1.33 bits per heavy atom. The summed E-state index contributed by atoms with van der Waals surface area (Å²) in [7, 11) is 0. The number of pyridine rings is 1. The van der Waals surface area contributed by atoms with Gasteiger partial charge in [-0.15, -0.1) is 0 Å². The van der Waals surface area contributed by atoms with Gasteiger partial charge in [-0.25, -0.2) is 4.98 Å². The standard InChI is InChI=1S/C11H10Cl2N2/c1-6-2-3-7-8(4-6)9(5-14)11(13)15-10(7)12/h6H,2-4H2,1H3/t6-/m0/s1. The molecule has 1 aliphatic carbocycles. The van der Waals surface area contributed by atoms with Crippen molar-refractivity contribution >= 4 is 23.2 Å². The van der Waals surface area contributed by atoms with Gasteiger partial charge in [0, 0.05) is 0 Å². The fourth-order valence-corrected chi connectivity index (χ4v) is 2.62. The number of fused-ring (bicyclic) bond motifs is 1. The molecule has 0 aliphatic heterocycles. The number of aromatic nitrogens is 1. The summed E-state index contributed by atoms with van der Waals surface area (Å²) in [6.45, 7) is 2.17. The molecule has 78 valence electrons.